The maximum atomic E-state index is 13.1. The van der Waals surface area contributed by atoms with Crippen molar-refractivity contribution in [2.75, 3.05) is 0 Å². The highest BCUT2D eigenvalue weighted by Gasteiger charge is 2.14. The second-order valence-corrected chi connectivity index (χ2v) is 6.09. The lowest BCUT2D eigenvalue weighted by Crippen LogP contribution is -2.32. The second kappa shape index (κ2) is 7.80. The third-order valence-electron chi connectivity index (χ3n) is 4.21. The molecule has 25 heavy (non-hydrogen) atoms. The number of halogens is 1. The van der Waals surface area contributed by atoms with Gasteiger partial charge < -0.3 is 9.88 Å². The Morgan fingerprint density at radius 1 is 1.36 bits per heavy atom. The van der Waals surface area contributed by atoms with Gasteiger partial charge in [0.25, 0.3) is 5.91 Å². The van der Waals surface area contributed by atoms with Gasteiger partial charge in [0.15, 0.2) is 0 Å². The van der Waals surface area contributed by atoms with E-state index >= 15 is 0 Å². The lowest BCUT2D eigenvalue weighted by molar-refractivity contribution is -0.117. The predicted molar refractivity (Wildman–Crippen MR) is 96.7 cm³/mol. The monoisotopic (exact) mass is 339 g/mol. The molecule has 1 heterocycles. The van der Waals surface area contributed by atoms with Gasteiger partial charge in [-0.1, -0.05) is 6.92 Å². The van der Waals surface area contributed by atoms with Crippen molar-refractivity contribution in [3.05, 3.63) is 58.7 Å². The molecule has 130 valence electrons. The van der Waals surface area contributed by atoms with Gasteiger partial charge in [-0.15, -0.1) is 0 Å². The Hall–Kier alpha value is -2.87. The number of nitrogens with one attached hydrogen (secondary N) is 1. The fourth-order valence-corrected chi connectivity index (χ4v) is 2.63. The Bertz CT molecular complexity index is 841. The van der Waals surface area contributed by atoms with Crippen molar-refractivity contribution < 1.29 is 9.18 Å². The highest BCUT2D eigenvalue weighted by atomic mass is 19.1. The number of carbonyl (C=O) groups excluding carboxylic acids is 1. The van der Waals surface area contributed by atoms with Crippen LogP contribution in [-0.2, 0) is 4.79 Å². The standard InChI is InChI=1S/C20H22FN3O/c1-5-13(2)23-20(25)17(12-22)11-16-10-14(3)24(15(16)4)19-8-6-18(21)7-9-19/h6-11,13H,5H2,1-4H3,(H,23,25)/b17-11+/t13-/m1/s1. The van der Waals surface area contributed by atoms with Crippen LogP contribution in [0.3, 0.4) is 0 Å². The van der Waals surface area contributed by atoms with Gasteiger partial charge in [-0.05, 0) is 69.2 Å². The average Bonchev–Trinajstić information content (AvgIpc) is 2.87. The molecule has 1 atom stereocenters. The molecule has 0 spiro atoms. The normalized spacial score (nSPS) is 12.6. The minimum absolute atomic E-state index is 0.0101. The first-order chi connectivity index (χ1) is 11.9. The van der Waals surface area contributed by atoms with Gasteiger partial charge >= 0.3 is 0 Å². The number of benzene rings is 1. The number of carbonyl (C=O) groups is 1. The van der Waals surface area contributed by atoms with Crippen LogP contribution in [0.25, 0.3) is 11.8 Å². The van der Waals surface area contributed by atoms with Crippen LogP contribution in [0.1, 0.15) is 37.2 Å². The van der Waals surface area contributed by atoms with Gasteiger partial charge in [0.2, 0.25) is 0 Å². The van der Waals surface area contributed by atoms with Crippen LogP contribution >= 0.6 is 0 Å². The number of nitrogens with zero attached hydrogens (tertiary/aromatic N) is 2. The third-order valence-corrected chi connectivity index (χ3v) is 4.21. The molecule has 1 N–H and O–H groups in total. The molecule has 0 aliphatic heterocycles. The van der Waals surface area contributed by atoms with Crippen LogP contribution in [0.15, 0.2) is 35.9 Å². The summed E-state index contributed by atoms with van der Waals surface area (Å²) in [4.78, 5) is 12.2. The number of aromatic nitrogens is 1. The molecule has 0 fully saturated rings. The Kier molecular flexibility index (Phi) is 5.76. The molecule has 0 bridgehead atoms. The molecule has 2 rings (SSSR count). The topological polar surface area (TPSA) is 57.8 Å². The van der Waals surface area contributed by atoms with Crippen molar-refractivity contribution in [1.29, 1.82) is 5.26 Å². The molecule has 0 unspecified atom stereocenters. The zero-order chi connectivity index (χ0) is 18.6. The van der Waals surface area contributed by atoms with Crippen LogP contribution in [0.5, 0.6) is 0 Å². The summed E-state index contributed by atoms with van der Waals surface area (Å²) in [6, 6.07) is 10.1. The first-order valence-electron chi connectivity index (χ1n) is 8.24. The molecule has 0 aliphatic carbocycles. The minimum atomic E-state index is -0.372. The molecule has 4 nitrogen and oxygen atoms in total. The zero-order valence-corrected chi connectivity index (χ0v) is 14.9. The van der Waals surface area contributed by atoms with Crippen molar-refractivity contribution in [3.8, 4) is 11.8 Å². The maximum Gasteiger partial charge on any atom is 0.262 e. The van der Waals surface area contributed by atoms with E-state index < -0.39 is 0 Å². The molecule has 0 saturated heterocycles. The average molecular weight is 339 g/mol. The Morgan fingerprint density at radius 2 is 2.00 bits per heavy atom. The van der Waals surface area contributed by atoms with E-state index in [1.165, 1.54) is 12.1 Å². The molecule has 1 aromatic carbocycles. The fraction of sp³-hybridized carbons (Fsp3) is 0.300. The summed E-state index contributed by atoms with van der Waals surface area (Å²) in [7, 11) is 0. The Labute approximate surface area is 147 Å². The van der Waals surface area contributed by atoms with Crippen LogP contribution in [0.4, 0.5) is 4.39 Å². The van der Waals surface area contributed by atoms with E-state index in [2.05, 4.69) is 5.32 Å². The lowest BCUT2D eigenvalue weighted by atomic mass is 10.1. The first kappa shape index (κ1) is 18.5. The molecular weight excluding hydrogens is 317 g/mol. The van der Waals surface area contributed by atoms with Gasteiger partial charge in [-0.3, -0.25) is 4.79 Å². The van der Waals surface area contributed by atoms with E-state index in [9.17, 15) is 14.4 Å². The van der Waals surface area contributed by atoms with Crippen molar-refractivity contribution in [1.82, 2.24) is 9.88 Å². The fourth-order valence-electron chi connectivity index (χ4n) is 2.63. The maximum absolute atomic E-state index is 13.1. The predicted octanol–water partition coefficient (Wildman–Crippen LogP) is 4.05. The van der Waals surface area contributed by atoms with Gasteiger partial charge in [-0.25, -0.2) is 4.39 Å². The van der Waals surface area contributed by atoms with Gasteiger partial charge in [0, 0.05) is 23.1 Å². The second-order valence-electron chi connectivity index (χ2n) is 6.09. The number of hydrogen-bond acceptors (Lipinski definition) is 2. The molecule has 0 radical (unpaired) electrons. The molecule has 0 aliphatic rings. The largest absolute Gasteiger partial charge is 0.349 e. The van der Waals surface area contributed by atoms with Gasteiger partial charge in [0.05, 0.1) is 0 Å². The summed E-state index contributed by atoms with van der Waals surface area (Å²) < 4.78 is 15.1. The Balaban J connectivity index is 2.40. The molecule has 0 saturated carbocycles. The van der Waals surface area contributed by atoms with Crippen LogP contribution in [-0.4, -0.2) is 16.5 Å². The van der Waals surface area contributed by atoms with Gasteiger partial charge in [-0.2, -0.15) is 5.26 Å². The number of nitriles is 1. The molecule has 2 aromatic rings. The van der Waals surface area contributed by atoms with E-state index in [4.69, 9.17) is 0 Å². The van der Waals surface area contributed by atoms with E-state index in [0.717, 1.165) is 29.1 Å². The quantitative estimate of drug-likeness (QED) is 0.660. The van der Waals surface area contributed by atoms with Crippen LogP contribution in [0, 0.1) is 31.0 Å². The van der Waals surface area contributed by atoms with E-state index in [-0.39, 0.29) is 23.3 Å². The molecule has 5 heteroatoms. The van der Waals surface area contributed by atoms with Crippen LogP contribution in [0.2, 0.25) is 0 Å². The summed E-state index contributed by atoms with van der Waals surface area (Å²) in [6.45, 7) is 7.70. The SMILES string of the molecule is CC[C@@H](C)NC(=O)/C(C#N)=C/c1cc(C)n(-c2ccc(F)cc2)c1C. The van der Waals surface area contributed by atoms with E-state index in [1.54, 1.807) is 18.2 Å². The number of aryl methyl sites for hydroxylation is 1. The van der Waals surface area contributed by atoms with E-state index in [1.807, 2.05) is 44.4 Å². The minimum Gasteiger partial charge on any atom is -0.349 e. The molecule has 1 amide bonds. The molecular formula is C20H22FN3O. The number of amides is 1. The highest BCUT2D eigenvalue weighted by Crippen LogP contribution is 2.23. The van der Waals surface area contributed by atoms with E-state index in [0.29, 0.717) is 0 Å². The number of hydrogen-bond donors (Lipinski definition) is 1. The highest BCUT2D eigenvalue weighted by molar-refractivity contribution is 6.02. The molecule has 1 aromatic heterocycles. The summed E-state index contributed by atoms with van der Waals surface area (Å²) in [5.74, 6) is -0.664. The van der Waals surface area contributed by atoms with Crippen molar-refractivity contribution in [3.63, 3.8) is 0 Å². The Morgan fingerprint density at radius 3 is 2.56 bits per heavy atom. The third kappa shape index (κ3) is 4.16. The summed E-state index contributed by atoms with van der Waals surface area (Å²) in [5.41, 5.74) is 3.51. The first-order valence-corrected chi connectivity index (χ1v) is 8.24. The van der Waals surface area contributed by atoms with Gasteiger partial charge in [0.1, 0.15) is 17.5 Å². The van der Waals surface area contributed by atoms with Crippen LogP contribution < -0.4 is 5.32 Å². The number of rotatable bonds is 5. The summed E-state index contributed by atoms with van der Waals surface area (Å²) in [6.07, 6.45) is 2.39. The van der Waals surface area contributed by atoms with Crippen molar-refractivity contribution in [2.24, 2.45) is 0 Å². The smallest absolute Gasteiger partial charge is 0.262 e. The van der Waals surface area contributed by atoms with Crippen molar-refractivity contribution >= 4 is 12.0 Å². The summed E-state index contributed by atoms with van der Waals surface area (Å²) in [5, 5.41) is 12.1. The zero-order valence-electron chi connectivity index (χ0n) is 14.9. The van der Waals surface area contributed by atoms with Crippen molar-refractivity contribution in [2.45, 2.75) is 40.2 Å². The summed E-state index contributed by atoms with van der Waals surface area (Å²) >= 11 is 0. The lowest BCUT2D eigenvalue weighted by Gasteiger charge is -2.11.